The van der Waals surface area contributed by atoms with Crippen LogP contribution in [0.1, 0.15) is 54.1 Å². The van der Waals surface area contributed by atoms with Crippen LogP contribution in [0, 0.1) is 12.7 Å². The zero-order valence-corrected chi connectivity index (χ0v) is 19.6. The molecule has 1 heterocycles. The predicted octanol–water partition coefficient (Wildman–Crippen LogP) is 5.96. The van der Waals surface area contributed by atoms with Gasteiger partial charge in [-0.2, -0.15) is 0 Å². The normalized spacial score (nSPS) is 15.1. The summed E-state index contributed by atoms with van der Waals surface area (Å²) in [5.41, 5.74) is 1.70. The molecule has 1 saturated carbocycles. The smallest absolute Gasteiger partial charge is 0.248 e. The van der Waals surface area contributed by atoms with Crippen molar-refractivity contribution in [3.8, 4) is 0 Å². The number of carbonyl (C=O) groups excluding carboxylic acids is 2. The maximum Gasteiger partial charge on any atom is 0.248 e. The van der Waals surface area contributed by atoms with Crippen LogP contribution in [0.3, 0.4) is 0 Å². The number of rotatable bonds is 7. The first-order chi connectivity index (χ1) is 16.0. The number of hydrogen-bond acceptors (Lipinski definition) is 3. The number of carbonyl (C=O) groups is 2. The monoisotopic (exact) mass is 464 g/mol. The molecule has 1 fully saturated rings. The van der Waals surface area contributed by atoms with E-state index < -0.39 is 11.9 Å². The van der Waals surface area contributed by atoms with E-state index >= 15 is 4.39 Å². The summed E-state index contributed by atoms with van der Waals surface area (Å²) >= 11 is 1.47. The summed E-state index contributed by atoms with van der Waals surface area (Å²) in [6.45, 7) is 1.92. The Morgan fingerprint density at radius 3 is 2.45 bits per heavy atom. The van der Waals surface area contributed by atoms with Crippen LogP contribution in [0.4, 0.5) is 10.1 Å². The van der Waals surface area contributed by atoms with E-state index in [0.29, 0.717) is 5.56 Å². The molecule has 4 rings (SSSR count). The quantitative estimate of drug-likeness (QED) is 0.469. The summed E-state index contributed by atoms with van der Waals surface area (Å²) in [5, 5.41) is 5.08. The van der Waals surface area contributed by atoms with Crippen molar-refractivity contribution in [2.75, 3.05) is 4.90 Å². The molecule has 1 aliphatic rings. The molecule has 1 atom stereocenters. The lowest BCUT2D eigenvalue weighted by Gasteiger charge is -2.34. The van der Waals surface area contributed by atoms with Crippen LogP contribution in [0.15, 0.2) is 66.0 Å². The fraction of sp³-hybridized carbons (Fsp3) is 0.333. The molecule has 1 aromatic heterocycles. The van der Waals surface area contributed by atoms with Crippen LogP contribution in [-0.2, 0) is 16.0 Å². The minimum Gasteiger partial charge on any atom is -0.351 e. The maximum atomic E-state index is 15.1. The molecule has 1 unspecified atom stereocenters. The Hall–Kier alpha value is -2.99. The molecule has 0 bridgehead atoms. The molecule has 6 heteroatoms. The Labute approximate surface area is 198 Å². The molecule has 4 nitrogen and oxygen atoms in total. The van der Waals surface area contributed by atoms with Crippen LogP contribution < -0.4 is 10.2 Å². The maximum absolute atomic E-state index is 15.1. The topological polar surface area (TPSA) is 49.4 Å². The Balaban J connectivity index is 1.78. The van der Waals surface area contributed by atoms with Gasteiger partial charge >= 0.3 is 0 Å². The van der Waals surface area contributed by atoms with Gasteiger partial charge in [-0.3, -0.25) is 14.5 Å². The zero-order chi connectivity index (χ0) is 23.2. The minimum absolute atomic E-state index is 0.0765. The number of nitrogens with zero attached hydrogens (tertiary/aromatic N) is 1. The first kappa shape index (κ1) is 23.2. The van der Waals surface area contributed by atoms with E-state index in [1.54, 1.807) is 18.2 Å². The number of hydrogen-bond donors (Lipinski definition) is 1. The Morgan fingerprint density at radius 2 is 1.76 bits per heavy atom. The van der Waals surface area contributed by atoms with E-state index in [1.807, 2.05) is 48.7 Å². The van der Waals surface area contributed by atoms with Crippen LogP contribution in [0.25, 0.3) is 0 Å². The molecule has 1 N–H and O–H groups in total. The van der Waals surface area contributed by atoms with Crippen molar-refractivity contribution < 1.29 is 14.0 Å². The summed E-state index contributed by atoms with van der Waals surface area (Å²) in [6.07, 6.45) is 5.28. The average molecular weight is 465 g/mol. The molecular weight excluding hydrogens is 435 g/mol. The average Bonchev–Trinajstić information content (AvgIpc) is 3.32. The predicted molar refractivity (Wildman–Crippen MR) is 131 cm³/mol. The van der Waals surface area contributed by atoms with Gasteiger partial charge in [0.25, 0.3) is 0 Å². The van der Waals surface area contributed by atoms with E-state index in [1.165, 1.54) is 28.7 Å². The van der Waals surface area contributed by atoms with Crippen LogP contribution >= 0.6 is 11.3 Å². The highest BCUT2D eigenvalue weighted by Gasteiger charge is 2.36. The number of aryl methyl sites for hydroxylation is 1. The SMILES string of the molecule is Cc1ccccc1C(C(=O)NC1CCCCC1)N(C(=O)Cc1cccs1)c1ccccc1F. The van der Waals surface area contributed by atoms with Crippen molar-refractivity contribution in [1.29, 1.82) is 0 Å². The highest BCUT2D eigenvalue weighted by Crippen LogP contribution is 2.33. The second kappa shape index (κ2) is 10.8. The van der Waals surface area contributed by atoms with Crippen molar-refractivity contribution in [2.24, 2.45) is 0 Å². The second-order valence-electron chi connectivity index (χ2n) is 8.57. The summed E-state index contributed by atoms with van der Waals surface area (Å²) in [4.78, 5) is 29.7. The van der Waals surface area contributed by atoms with Gasteiger partial charge in [0.1, 0.15) is 11.9 Å². The van der Waals surface area contributed by atoms with Gasteiger partial charge in [0, 0.05) is 10.9 Å². The molecule has 0 spiro atoms. The van der Waals surface area contributed by atoms with Gasteiger partial charge < -0.3 is 5.32 Å². The van der Waals surface area contributed by atoms with Crippen molar-refractivity contribution in [1.82, 2.24) is 5.32 Å². The van der Waals surface area contributed by atoms with Gasteiger partial charge in [-0.25, -0.2) is 4.39 Å². The van der Waals surface area contributed by atoms with E-state index in [4.69, 9.17) is 0 Å². The first-order valence-corrected chi connectivity index (χ1v) is 12.4. The minimum atomic E-state index is -0.961. The lowest BCUT2D eigenvalue weighted by molar-refractivity contribution is -0.127. The molecule has 2 amide bonds. The Morgan fingerprint density at radius 1 is 1.03 bits per heavy atom. The summed E-state index contributed by atoms with van der Waals surface area (Å²) in [5.74, 6) is -1.10. The van der Waals surface area contributed by atoms with Gasteiger partial charge in [0.15, 0.2) is 0 Å². The molecule has 3 aromatic rings. The number of thiophene rings is 1. The van der Waals surface area contributed by atoms with Crippen molar-refractivity contribution in [3.05, 3.63) is 87.9 Å². The number of anilines is 1. The second-order valence-corrected chi connectivity index (χ2v) is 9.61. The molecule has 0 aliphatic heterocycles. The molecule has 1 aliphatic carbocycles. The molecule has 0 saturated heterocycles. The van der Waals surface area contributed by atoms with E-state index in [2.05, 4.69) is 5.32 Å². The Bertz CT molecular complexity index is 1090. The third-order valence-corrected chi connectivity index (χ3v) is 7.10. The number of benzene rings is 2. The van der Waals surface area contributed by atoms with Gasteiger partial charge in [0.05, 0.1) is 12.1 Å². The number of nitrogens with one attached hydrogen (secondary N) is 1. The fourth-order valence-electron chi connectivity index (χ4n) is 4.53. The number of para-hydroxylation sites is 1. The highest BCUT2D eigenvalue weighted by atomic mass is 32.1. The summed E-state index contributed by atoms with van der Waals surface area (Å²) < 4.78 is 15.1. The molecule has 33 heavy (non-hydrogen) atoms. The first-order valence-electron chi connectivity index (χ1n) is 11.5. The van der Waals surface area contributed by atoms with Gasteiger partial charge in [-0.15, -0.1) is 11.3 Å². The van der Waals surface area contributed by atoms with Gasteiger partial charge in [-0.1, -0.05) is 61.7 Å². The number of amides is 2. The van der Waals surface area contributed by atoms with E-state index in [-0.39, 0.29) is 30.0 Å². The van der Waals surface area contributed by atoms with E-state index in [0.717, 1.165) is 36.1 Å². The zero-order valence-electron chi connectivity index (χ0n) is 18.8. The molecule has 2 aromatic carbocycles. The number of halogens is 1. The van der Waals surface area contributed by atoms with Crippen molar-refractivity contribution >= 4 is 28.8 Å². The third kappa shape index (κ3) is 5.50. The van der Waals surface area contributed by atoms with Crippen molar-refractivity contribution in [3.63, 3.8) is 0 Å². The van der Waals surface area contributed by atoms with Crippen LogP contribution in [0.2, 0.25) is 0 Å². The molecule has 0 radical (unpaired) electrons. The van der Waals surface area contributed by atoms with Gasteiger partial charge in [0.2, 0.25) is 11.8 Å². The highest BCUT2D eigenvalue weighted by molar-refractivity contribution is 7.10. The summed E-state index contributed by atoms with van der Waals surface area (Å²) in [6, 6.07) is 16.6. The van der Waals surface area contributed by atoms with E-state index in [9.17, 15) is 9.59 Å². The standard InChI is InChI=1S/C27H29FN2O2S/c1-19-10-5-6-14-22(19)26(27(32)29-20-11-3-2-4-12-20)30(24-16-8-7-15-23(24)28)25(31)18-21-13-9-17-33-21/h5-10,13-17,20,26H,2-4,11-12,18H2,1H3,(H,29,32). The van der Waals surface area contributed by atoms with Gasteiger partial charge in [-0.05, 0) is 54.5 Å². The van der Waals surface area contributed by atoms with Crippen LogP contribution in [0.5, 0.6) is 0 Å². The molecule has 172 valence electrons. The lowest BCUT2D eigenvalue weighted by atomic mass is 9.93. The van der Waals surface area contributed by atoms with Crippen molar-refractivity contribution in [2.45, 2.75) is 57.5 Å². The summed E-state index contributed by atoms with van der Waals surface area (Å²) in [7, 11) is 0. The fourth-order valence-corrected chi connectivity index (χ4v) is 5.23. The largest absolute Gasteiger partial charge is 0.351 e. The Kier molecular flexibility index (Phi) is 7.55. The third-order valence-electron chi connectivity index (χ3n) is 6.23. The molecular formula is C27H29FN2O2S. The lowest BCUT2D eigenvalue weighted by Crippen LogP contribution is -2.48. The van der Waals surface area contributed by atoms with Crippen LogP contribution in [-0.4, -0.2) is 17.9 Å².